The van der Waals surface area contributed by atoms with E-state index in [1.54, 1.807) is 29.2 Å². The van der Waals surface area contributed by atoms with Gasteiger partial charge in [-0.2, -0.15) is 5.26 Å². The first kappa shape index (κ1) is 22.3. The second-order valence-corrected chi connectivity index (χ2v) is 7.15. The zero-order valence-electron chi connectivity index (χ0n) is 16.8. The molecule has 162 valence electrons. The molecule has 1 aromatic carbocycles. The topological polar surface area (TPSA) is 117 Å². The number of nitriles is 1. The second kappa shape index (κ2) is 11.2. The Morgan fingerprint density at radius 1 is 1.23 bits per heavy atom. The number of urea groups is 1. The van der Waals surface area contributed by atoms with Crippen molar-refractivity contribution in [3.63, 3.8) is 0 Å². The molecule has 0 spiro atoms. The van der Waals surface area contributed by atoms with Gasteiger partial charge in [-0.1, -0.05) is 11.6 Å². The Morgan fingerprint density at radius 3 is 2.74 bits per heavy atom. The lowest BCUT2D eigenvalue weighted by atomic mass is 10.2. The molecule has 1 aromatic heterocycles. The predicted octanol–water partition coefficient (Wildman–Crippen LogP) is 3.27. The summed E-state index contributed by atoms with van der Waals surface area (Å²) in [5, 5.41) is 14.5. The molecule has 0 bridgehead atoms. The number of rotatable bonds is 7. The van der Waals surface area contributed by atoms with E-state index in [0.717, 1.165) is 0 Å². The molecule has 0 atom stereocenters. The Kier molecular flexibility index (Phi) is 8.04. The number of halogens is 1. The van der Waals surface area contributed by atoms with Crippen LogP contribution in [-0.4, -0.2) is 54.7 Å². The van der Waals surface area contributed by atoms with Gasteiger partial charge in [-0.25, -0.2) is 9.78 Å². The summed E-state index contributed by atoms with van der Waals surface area (Å²) in [6.45, 7) is 2.69. The van der Waals surface area contributed by atoms with E-state index in [0.29, 0.717) is 73.6 Å². The molecule has 10 heteroatoms. The van der Waals surface area contributed by atoms with Crippen LogP contribution in [0.5, 0.6) is 5.75 Å². The van der Waals surface area contributed by atoms with Gasteiger partial charge in [-0.05, 0) is 36.8 Å². The molecule has 2 N–H and O–H groups in total. The zero-order valence-corrected chi connectivity index (χ0v) is 17.5. The molecule has 2 heterocycles. The van der Waals surface area contributed by atoms with E-state index in [4.69, 9.17) is 26.3 Å². The highest BCUT2D eigenvalue weighted by Crippen LogP contribution is 2.28. The van der Waals surface area contributed by atoms with Crippen molar-refractivity contribution in [1.82, 2.24) is 9.88 Å². The van der Waals surface area contributed by atoms with Gasteiger partial charge in [0.25, 0.3) is 0 Å². The number of pyridine rings is 1. The van der Waals surface area contributed by atoms with Crippen LogP contribution >= 0.6 is 11.6 Å². The van der Waals surface area contributed by atoms with Crippen LogP contribution in [-0.2, 0) is 9.53 Å². The first-order valence-electron chi connectivity index (χ1n) is 9.77. The van der Waals surface area contributed by atoms with Crippen LogP contribution in [0.25, 0.3) is 0 Å². The monoisotopic (exact) mass is 443 g/mol. The fraction of sp³-hybridized carbons (Fsp3) is 0.333. The summed E-state index contributed by atoms with van der Waals surface area (Å²) in [5.41, 5.74) is 0.779. The molecule has 1 aliphatic heterocycles. The van der Waals surface area contributed by atoms with Gasteiger partial charge in [0.05, 0.1) is 31.1 Å². The molecule has 1 saturated heterocycles. The number of ether oxygens (including phenoxy) is 2. The minimum Gasteiger partial charge on any atom is -0.491 e. The lowest BCUT2D eigenvalue weighted by Gasteiger charge is -2.26. The molecule has 1 aliphatic rings. The fourth-order valence-corrected chi connectivity index (χ4v) is 3.08. The summed E-state index contributed by atoms with van der Waals surface area (Å²) >= 11 is 6.05. The van der Waals surface area contributed by atoms with Gasteiger partial charge >= 0.3 is 6.03 Å². The lowest BCUT2D eigenvalue weighted by molar-refractivity contribution is -0.135. The van der Waals surface area contributed by atoms with Crippen molar-refractivity contribution in [2.45, 2.75) is 12.8 Å². The average Bonchev–Trinajstić information content (AvgIpc) is 2.79. The molecule has 3 amide bonds. The third-order valence-corrected chi connectivity index (χ3v) is 4.72. The first-order chi connectivity index (χ1) is 15.0. The molecule has 3 rings (SSSR count). The maximum atomic E-state index is 12.3. The van der Waals surface area contributed by atoms with Crippen molar-refractivity contribution in [1.29, 1.82) is 5.26 Å². The van der Waals surface area contributed by atoms with Gasteiger partial charge in [0.2, 0.25) is 5.91 Å². The Balaban J connectivity index is 1.51. The number of hydrogen-bond acceptors (Lipinski definition) is 6. The lowest BCUT2D eigenvalue weighted by Crippen LogP contribution is -2.40. The summed E-state index contributed by atoms with van der Waals surface area (Å²) in [4.78, 5) is 30.3. The molecule has 31 heavy (non-hydrogen) atoms. The number of carbonyl (C=O) groups is 2. The molecule has 1 fully saturated rings. The number of nitrogens with zero attached hydrogens (tertiary/aromatic N) is 3. The summed E-state index contributed by atoms with van der Waals surface area (Å²) in [6, 6.07) is 9.38. The number of anilines is 2. The first-order valence-corrected chi connectivity index (χ1v) is 10.1. The van der Waals surface area contributed by atoms with Gasteiger partial charge < -0.3 is 19.7 Å². The Bertz CT molecular complexity index is 955. The number of hydrogen-bond donors (Lipinski definition) is 2. The van der Waals surface area contributed by atoms with E-state index < -0.39 is 6.03 Å². The van der Waals surface area contributed by atoms with E-state index in [1.165, 1.54) is 12.3 Å². The van der Waals surface area contributed by atoms with Crippen molar-refractivity contribution in [3.8, 4) is 11.8 Å². The van der Waals surface area contributed by atoms with E-state index in [9.17, 15) is 9.59 Å². The summed E-state index contributed by atoms with van der Waals surface area (Å²) in [7, 11) is 0. The van der Waals surface area contributed by atoms with E-state index in [-0.39, 0.29) is 5.91 Å². The Hall–Kier alpha value is -3.35. The summed E-state index contributed by atoms with van der Waals surface area (Å²) < 4.78 is 11.0. The fourth-order valence-electron chi connectivity index (χ4n) is 2.91. The molecular formula is C21H22ClN5O4. The molecule has 0 aliphatic carbocycles. The molecule has 2 aromatic rings. The van der Waals surface area contributed by atoms with Gasteiger partial charge in [0.1, 0.15) is 17.6 Å². The van der Waals surface area contributed by atoms with E-state index in [1.807, 2.05) is 6.07 Å². The van der Waals surface area contributed by atoms with Crippen molar-refractivity contribution in [3.05, 3.63) is 47.1 Å². The maximum absolute atomic E-state index is 12.3. The molecule has 0 saturated carbocycles. The SMILES string of the molecule is N#Cc1ccc(NC(=O)Nc2cc(Cl)ccc2OCCCC(=O)N2CCOCC2)nc1. The average molecular weight is 444 g/mol. The molecule has 0 radical (unpaired) electrons. The number of carbonyl (C=O) groups excluding carboxylic acids is 2. The third-order valence-electron chi connectivity index (χ3n) is 4.48. The van der Waals surface area contributed by atoms with E-state index in [2.05, 4.69) is 15.6 Å². The van der Waals surface area contributed by atoms with Crippen LogP contribution < -0.4 is 15.4 Å². The minimum absolute atomic E-state index is 0.0793. The molecule has 0 unspecified atom stereocenters. The van der Waals surface area contributed by atoms with Crippen LogP contribution in [0.1, 0.15) is 18.4 Å². The number of amides is 3. The third kappa shape index (κ3) is 6.84. The van der Waals surface area contributed by atoms with Gasteiger partial charge in [-0.3, -0.25) is 10.1 Å². The van der Waals surface area contributed by atoms with Crippen molar-refractivity contribution >= 4 is 35.0 Å². The van der Waals surface area contributed by atoms with E-state index >= 15 is 0 Å². The van der Waals surface area contributed by atoms with Crippen molar-refractivity contribution < 1.29 is 19.1 Å². The highest BCUT2D eigenvalue weighted by molar-refractivity contribution is 6.31. The quantitative estimate of drug-likeness (QED) is 0.634. The predicted molar refractivity (Wildman–Crippen MR) is 115 cm³/mol. The van der Waals surface area contributed by atoms with Crippen LogP contribution in [0, 0.1) is 11.3 Å². The van der Waals surface area contributed by atoms with Gasteiger partial charge in [-0.15, -0.1) is 0 Å². The molecule has 9 nitrogen and oxygen atoms in total. The Labute approximate surface area is 184 Å². The van der Waals surface area contributed by atoms with Crippen LogP contribution in [0.15, 0.2) is 36.5 Å². The smallest absolute Gasteiger partial charge is 0.324 e. The number of aromatic nitrogens is 1. The highest BCUT2D eigenvalue weighted by atomic mass is 35.5. The number of benzene rings is 1. The van der Waals surface area contributed by atoms with Crippen LogP contribution in [0.4, 0.5) is 16.3 Å². The largest absolute Gasteiger partial charge is 0.491 e. The standard InChI is InChI=1S/C21H22ClN5O4/c22-16-4-5-18(31-9-1-2-20(28)27-7-10-30-11-8-27)17(12-16)25-21(29)26-19-6-3-15(13-23)14-24-19/h3-6,12,14H,1-2,7-11H2,(H2,24,25,26,29). The maximum Gasteiger partial charge on any atom is 0.324 e. The highest BCUT2D eigenvalue weighted by Gasteiger charge is 2.16. The van der Waals surface area contributed by atoms with Gasteiger partial charge in [0, 0.05) is 30.7 Å². The van der Waals surface area contributed by atoms with Crippen LogP contribution in [0.2, 0.25) is 5.02 Å². The Morgan fingerprint density at radius 2 is 2.03 bits per heavy atom. The second-order valence-electron chi connectivity index (χ2n) is 6.71. The number of morpholine rings is 1. The minimum atomic E-state index is -0.535. The zero-order chi connectivity index (χ0) is 22.1. The van der Waals surface area contributed by atoms with Crippen LogP contribution in [0.3, 0.4) is 0 Å². The number of nitrogens with one attached hydrogen (secondary N) is 2. The summed E-state index contributed by atoms with van der Waals surface area (Å²) in [6.07, 6.45) is 2.28. The van der Waals surface area contributed by atoms with Crippen molar-refractivity contribution in [2.24, 2.45) is 0 Å². The molecular weight excluding hydrogens is 422 g/mol. The summed E-state index contributed by atoms with van der Waals surface area (Å²) in [5.74, 6) is 0.810. The normalized spacial score (nSPS) is 13.2. The van der Waals surface area contributed by atoms with Gasteiger partial charge in [0.15, 0.2) is 0 Å². The van der Waals surface area contributed by atoms with Crippen molar-refractivity contribution in [2.75, 3.05) is 43.5 Å².